The molecule has 0 aliphatic carbocycles. The summed E-state index contributed by atoms with van der Waals surface area (Å²) in [6.45, 7) is 2.36. The highest BCUT2D eigenvalue weighted by molar-refractivity contribution is 5.48. The second kappa shape index (κ2) is 6.18. The van der Waals surface area contributed by atoms with Gasteiger partial charge in [0.25, 0.3) is 0 Å². The molecule has 1 heterocycles. The van der Waals surface area contributed by atoms with E-state index in [1.54, 1.807) is 19.2 Å². The fourth-order valence-corrected chi connectivity index (χ4v) is 2.14. The number of nitriles is 1. The molecular formula is C16H17N3O. The predicted octanol–water partition coefficient (Wildman–Crippen LogP) is 2.64. The van der Waals surface area contributed by atoms with Crippen LogP contribution in [0.2, 0.25) is 0 Å². The molecule has 4 heteroatoms. The predicted molar refractivity (Wildman–Crippen MR) is 78.1 cm³/mol. The van der Waals surface area contributed by atoms with Crippen molar-refractivity contribution < 1.29 is 5.11 Å². The van der Waals surface area contributed by atoms with Crippen LogP contribution in [0.15, 0.2) is 42.6 Å². The third-order valence-corrected chi connectivity index (χ3v) is 3.10. The second-order valence-electron chi connectivity index (χ2n) is 4.76. The fraction of sp³-hybridized carbons (Fsp3) is 0.250. The third kappa shape index (κ3) is 3.14. The number of nitrogens with zero attached hydrogens (tertiary/aromatic N) is 3. The van der Waals surface area contributed by atoms with Gasteiger partial charge in [0.15, 0.2) is 0 Å². The van der Waals surface area contributed by atoms with E-state index in [2.05, 4.69) is 11.1 Å². The van der Waals surface area contributed by atoms with Crippen molar-refractivity contribution in [3.8, 4) is 6.07 Å². The van der Waals surface area contributed by atoms with Gasteiger partial charge < -0.3 is 10.0 Å². The van der Waals surface area contributed by atoms with Gasteiger partial charge in [-0.15, -0.1) is 0 Å². The minimum Gasteiger partial charge on any atom is -0.389 e. The van der Waals surface area contributed by atoms with E-state index in [1.165, 1.54) is 0 Å². The summed E-state index contributed by atoms with van der Waals surface area (Å²) in [7, 11) is 1.92. The summed E-state index contributed by atoms with van der Waals surface area (Å²) >= 11 is 0. The molecule has 2 rings (SSSR count). The molecule has 1 atom stereocenters. The summed E-state index contributed by atoms with van der Waals surface area (Å²) in [5.74, 6) is 0.755. The van der Waals surface area contributed by atoms with Gasteiger partial charge in [-0.25, -0.2) is 4.98 Å². The molecule has 0 saturated heterocycles. The number of hydrogen-bond acceptors (Lipinski definition) is 4. The Hall–Kier alpha value is -2.38. The van der Waals surface area contributed by atoms with Gasteiger partial charge in [0.2, 0.25) is 0 Å². The van der Waals surface area contributed by atoms with Gasteiger partial charge in [-0.2, -0.15) is 5.26 Å². The van der Waals surface area contributed by atoms with Crippen LogP contribution in [0.5, 0.6) is 0 Å². The van der Waals surface area contributed by atoms with Gasteiger partial charge in [0.05, 0.1) is 17.7 Å². The Morgan fingerprint density at radius 2 is 2.15 bits per heavy atom. The molecule has 0 radical (unpaired) electrons. The minimum atomic E-state index is -0.563. The van der Waals surface area contributed by atoms with Crippen LogP contribution in [0.1, 0.15) is 29.7 Å². The van der Waals surface area contributed by atoms with Crippen LogP contribution >= 0.6 is 0 Å². The van der Waals surface area contributed by atoms with E-state index in [9.17, 15) is 5.11 Å². The Labute approximate surface area is 118 Å². The van der Waals surface area contributed by atoms with E-state index < -0.39 is 6.10 Å². The lowest BCUT2D eigenvalue weighted by Gasteiger charge is -2.22. The molecule has 1 aromatic carbocycles. The van der Waals surface area contributed by atoms with E-state index in [0.717, 1.165) is 16.9 Å². The SMILES string of the molecule is C[C@H](O)c1cccnc1N(C)Cc1cccc(C#N)c1. The number of pyridine rings is 1. The van der Waals surface area contributed by atoms with E-state index in [1.807, 2.05) is 42.3 Å². The van der Waals surface area contributed by atoms with Crippen molar-refractivity contribution in [2.24, 2.45) is 0 Å². The molecule has 1 aromatic heterocycles. The van der Waals surface area contributed by atoms with Crippen LogP contribution in [-0.2, 0) is 6.54 Å². The van der Waals surface area contributed by atoms with Gasteiger partial charge in [0, 0.05) is 25.4 Å². The quantitative estimate of drug-likeness (QED) is 0.925. The van der Waals surface area contributed by atoms with Crippen molar-refractivity contribution in [2.75, 3.05) is 11.9 Å². The smallest absolute Gasteiger partial charge is 0.134 e. The maximum Gasteiger partial charge on any atom is 0.134 e. The summed E-state index contributed by atoms with van der Waals surface area (Å²) < 4.78 is 0. The largest absolute Gasteiger partial charge is 0.389 e. The summed E-state index contributed by atoms with van der Waals surface area (Å²) in [4.78, 5) is 6.31. The van der Waals surface area contributed by atoms with E-state index in [-0.39, 0.29) is 0 Å². The third-order valence-electron chi connectivity index (χ3n) is 3.10. The standard InChI is InChI=1S/C16H17N3O/c1-12(20)15-7-4-8-18-16(15)19(2)11-14-6-3-5-13(9-14)10-17/h3-9,12,20H,11H2,1-2H3/t12-/m0/s1. The number of aromatic nitrogens is 1. The van der Waals surface area contributed by atoms with Crippen LogP contribution in [-0.4, -0.2) is 17.1 Å². The van der Waals surface area contributed by atoms with Crippen molar-refractivity contribution in [3.05, 3.63) is 59.3 Å². The van der Waals surface area contributed by atoms with Gasteiger partial charge >= 0.3 is 0 Å². The average Bonchev–Trinajstić information content (AvgIpc) is 2.47. The average molecular weight is 267 g/mol. The summed E-state index contributed by atoms with van der Waals surface area (Å²) in [6.07, 6.45) is 1.15. The van der Waals surface area contributed by atoms with Crippen molar-refractivity contribution in [1.29, 1.82) is 5.26 Å². The Kier molecular flexibility index (Phi) is 4.34. The lowest BCUT2D eigenvalue weighted by Crippen LogP contribution is -2.20. The van der Waals surface area contributed by atoms with Crippen molar-refractivity contribution in [3.63, 3.8) is 0 Å². The maximum absolute atomic E-state index is 9.79. The number of hydrogen-bond donors (Lipinski definition) is 1. The Balaban J connectivity index is 2.24. The van der Waals surface area contributed by atoms with Crippen LogP contribution < -0.4 is 4.90 Å². The van der Waals surface area contributed by atoms with Crippen LogP contribution in [0.25, 0.3) is 0 Å². The zero-order valence-electron chi connectivity index (χ0n) is 11.6. The molecule has 0 fully saturated rings. The fourth-order valence-electron chi connectivity index (χ4n) is 2.14. The number of rotatable bonds is 4. The monoisotopic (exact) mass is 267 g/mol. The topological polar surface area (TPSA) is 60.2 Å². The first-order valence-corrected chi connectivity index (χ1v) is 6.45. The summed E-state index contributed by atoms with van der Waals surface area (Å²) in [5.41, 5.74) is 2.48. The highest BCUT2D eigenvalue weighted by atomic mass is 16.3. The molecule has 2 aromatic rings. The molecule has 0 spiro atoms. The Bertz CT molecular complexity index is 632. The zero-order chi connectivity index (χ0) is 14.5. The van der Waals surface area contributed by atoms with Gasteiger partial charge in [-0.3, -0.25) is 0 Å². The normalized spacial score (nSPS) is 11.7. The number of aliphatic hydroxyl groups is 1. The highest BCUT2D eigenvalue weighted by Crippen LogP contribution is 2.23. The molecule has 0 saturated carbocycles. The summed E-state index contributed by atoms with van der Waals surface area (Å²) in [5, 5.41) is 18.7. The Morgan fingerprint density at radius 3 is 2.85 bits per heavy atom. The molecule has 4 nitrogen and oxygen atoms in total. The van der Waals surface area contributed by atoms with Gasteiger partial charge in [0.1, 0.15) is 5.82 Å². The van der Waals surface area contributed by atoms with Crippen LogP contribution in [0.3, 0.4) is 0 Å². The Morgan fingerprint density at radius 1 is 1.35 bits per heavy atom. The van der Waals surface area contributed by atoms with E-state index in [0.29, 0.717) is 12.1 Å². The lowest BCUT2D eigenvalue weighted by atomic mass is 10.1. The molecular weight excluding hydrogens is 250 g/mol. The first-order chi connectivity index (χ1) is 9.61. The zero-order valence-corrected chi connectivity index (χ0v) is 11.6. The van der Waals surface area contributed by atoms with Crippen molar-refractivity contribution in [2.45, 2.75) is 19.6 Å². The van der Waals surface area contributed by atoms with Crippen molar-refractivity contribution in [1.82, 2.24) is 4.98 Å². The molecule has 0 aliphatic heterocycles. The van der Waals surface area contributed by atoms with Crippen LogP contribution in [0, 0.1) is 11.3 Å². The number of benzene rings is 1. The molecule has 0 amide bonds. The minimum absolute atomic E-state index is 0.563. The molecule has 0 bridgehead atoms. The lowest BCUT2D eigenvalue weighted by molar-refractivity contribution is 0.199. The van der Waals surface area contributed by atoms with Crippen LogP contribution in [0.4, 0.5) is 5.82 Å². The van der Waals surface area contributed by atoms with E-state index in [4.69, 9.17) is 5.26 Å². The molecule has 0 aliphatic rings. The highest BCUT2D eigenvalue weighted by Gasteiger charge is 2.12. The first kappa shape index (κ1) is 14.0. The molecule has 20 heavy (non-hydrogen) atoms. The maximum atomic E-state index is 9.79. The first-order valence-electron chi connectivity index (χ1n) is 6.45. The molecule has 0 unspecified atom stereocenters. The molecule has 102 valence electrons. The summed E-state index contributed by atoms with van der Waals surface area (Å²) in [6, 6.07) is 13.3. The molecule has 1 N–H and O–H groups in total. The second-order valence-corrected chi connectivity index (χ2v) is 4.76. The number of anilines is 1. The van der Waals surface area contributed by atoms with E-state index >= 15 is 0 Å². The van der Waals surface area contributed by atoms with Crippen molar-refractivity contribution >= 4 is 5.82 Å². The number of aliphatic hydroxyl groups excluding tert-OH is 1. The van der Waals surface area contributed by atoms with Gasteiger partial charge in [-0.05, 0) is 30.7 Å². The van der Waals surface area contributed by atoms with Gasteiger partial charge in [-0.1, -0.05) is 18.2 Å².